The standard InChI is InChI=1S/C12H12N2/c13-7-8-2-1-3-10-9(8)6-11(14)12(10)4-5-12/h1-3,11H,4-6,14H2. The highest BCUT2D eigenvalue weighted by molar-refractivity contribution is 5.53. The molecule has 0 bridgehead atoms. The van der Waals surface area contributed by atoms with Crippen LogP contribution in [0.1, 0.15) is 29.5 Å². The van der Waals surface area contributed by atoms with Gasteiger partial charge in [-0.15, -0.1) is 0 Å². The van der Waals surface area contributed by atoms with Crippen LogP contribution in [0.2, 0.25) is 0 Å². The molecule has 0 aromatic heterocycles. The van der Waals surface area contributed by atoms with Crippen molar-refractivity contribution in [3.05, 3.63) is 34.9 Å². The van der Waals surface area contributed by atoms with E-state index in [0.29, 0.717) is 0 Å². The van der Waals surface area contributed by atoms with Crippen molar-refractivity contribution >= 4 is 0 Å². The van der Waals surface area contributed by atoms with Gasteiger partial charge in [0.05, 0.1) is 11.6 Å². The molecule has 14 heavy (non-hydrogen) atoms. The van der Waals surface area contributed by atoms with Gasteiger partial charge < -0.3 is 5.73 Å². The molecule has 70 valence electrons. The van der Waals surface area contributed by atoms with Gasteiger partial charge in [-0.05, 0) is 36.5 Å². The van der Waals surface area contributed by atoms with Crippen LogP contribution in [0.25, 0.3) is 0 Å². The van der Waals surface area contributed by atoms with E-state index in [-0.39, 0.29) is 11.5 Å². The van der Waals surface area contributed by atoms with Crippen LogP contribution in [0, 0.1) is 11.3 Å². The third-order valence-corrected chi connectivity index (χ3v) is 3.76. The third kappa shape index (κ3) is 0.784. The van der Waals surface area contributed by atoms with Crippen molar-refractivity contribution in [3.8, 4) is 6.07 Å². The molecule has 1 aromatic carbocycles. The summed E-state index contributed by atoms with van der Waals surface area (Å²) in [4.78, 5) is 0. The van der Waals surface area contributed by atoms with Crippen molar-refractivity contribution in [3.63, 3.8) is 0 Å². The Bertz CT molecular complexity index is 438. The lowest BCUT2D eigenvalue weighted by atomic mass is 9.95. The molecule has 1 aromatic rings. The van der Waals surface area contributed by atoms with E-state index < -0.39 is 0 Å². The van der Waals surface area contributed by atoms with Crippen LogP contribution in [0.5, 0.6) is 0 Å². The highest BCUT2D eigenvalue weighted by Crippen LogP contribution is 2.56. The molecule has 0 radical (unpaired) electrons. The second-order valence-corrected chi connectivity index (χ2v) is 4.41. The number of rotatable bonds is 0. The Kier molecular flexibility index (Phi) is 1.36. The molecule has 2 heteroatoms. The van der Waals surface area contributed by atoms with Gasteiger partial charge in [-0.1, -0.05) is 12.1 Å². The van der Waals surface area contributed by atoms with E-state index in [1.165, 1.54) is 24.0 Å². The second kappa shape index (κ2) is 2.37. The monoisotopic (exact) mass is 184 g/mol. The Balaban J connectivity index is 2.23. The molecular formula is C12H12N2. The van der Waals surface area contributed by atoms with Gasteiger partial charge in [-0.25, -0.2) is 0 Å². The number of fused-ring (bicyclic) bond motifs is 2. The van der Waals surface area contributed by atoms with Crippen molar-refractivity contribution < 1.29 is 0 Å². The fourth-order valence-corrected chi connectivity index (χ4v) is 2.77. The molecule has 1 atom stereocenters. The lowest BCUT2D eigenvalue weighted by Crippen LogP contribution is -2.30. The molecule has 1 unspecified atom stereocenters. The molecule has 2 aliphatic carbocycles. The first-order valence-corrected chi connectivity index (χ1v) is 5.06. The number of nitrogens with zero attached hydrogens (tertiary/aromatic N) is 1. The summed E-state index contributed by atoms with van der Waals surface area (Å²) in [6.45, 7) is 0. The van der Waals surface area contributed by atoms with Crippen molar-refractivity contribution in [1.29, 1.82) is 5.26 Å². The number of hydrogen-bond donors (Lipinski definition) is 1. The van der Waals surface area contributed by atoms with Gasteiger partial charge in [0.25, 0.3) is 0 Å². The topological polar surface area (TPSA) is 49.8 Å². The van der Waals surface area contributed by atoms with Crippen LogP contribution in [0.15, 0.2) is 18.2 Å². The second-order valence-electron chi connectivity index (χ2n) is 4.41. The van der Waals surface area contributed by atoms with Gasteiger partial charge in [0.15, 0.2) is 0 Å². The Morgan fingerprint density at radius 2 is 2.21 bits per heavy atom. The van der Waals surface area contributed by atoms with Crippen molar-refractivity contribution in [2.24, 2.45) is 5.73 Å². The highest BCUT2D eigenvalue weighted by Gasteiger charge is 2.54. The molecular weight excluding hydrogens is 172 g/mol. The SMILES string of the molecule is N#Cc1cccc2c1CC(N)C21CC1. The number of benzene rings is 1. The fourth-order valence-electron chi connectivity index (χ4n) is 2.77. The molecule has 2 aliphatic rings. The maximum absolute atomic E-state index is 8.99. The zero-order chi connectivity index (χ0) is 9.76. The molecule has 0 heterocycles. The van der Waals surface area contributed by atoms with Crippen LogP contribution in [0.4, 0.5) is 0 Å². The number of nitrogens with two attached hydrogens (primary N) is 1. The predicted octanol–water partition coefficient (Wildman–Crippen LogP) is 1.47. The van der Waals surface area contributed by atoms with Gasteiger partial charge in [0, 0.05) is 11.5 Å². The number of nitriles is 1. The maximum Gasteiger partial charge on any atom is 0.0994 e. The minimum atomic E-state index is 0.243. The predicted molar refractivity (Wildman–Crippen MR) is 53.7 cm³/mol. The van der Waals surface area contributed by atoms with Gasteiger partial charge in [-0.2, -0.15) is 5.26 Å². The molecule has 1 fully saturated rings. The average molecular weight is 184 g/mol. The number of hydrogen-bond acceptors (Lipinski definition) is 2. The summed E-state index contributed by atoms with van der Waals surface area (Å²) in [5, 5.41) is 8.99. The van der Waals surface area contributed by atoms with Gasteiger partial charge in [-0.3, -0.25) is 0 Å². The largest absolute Gasteiger partial charge is 0.327 e. The maximum atomic E-state index is 8.99. The quantitative estimate of drug-likeness (QED) is 0.663. The minimum absolute atomic E-state index is 0.243. The molecule has 3 rings (SSSR count). The van der Waals surface area contributed by atoms with Crippen LogP contribution in [-0.2, 0) is 11.8 Å². The van der Waals surface area contributed by atoms with E-state index >= 15 is 0 Å². The highest BCUT2D eigenvalue weighted by atomic mass is 14.8. The first-order valence-electron chi connectivity index (χ1n) is 5.06. The van der Waals surface area contributed by atoms with Gasteiger partial charge >= 0.3 is 0 Å². The summed E-state index contributed by atoms with van der Waals surface area (Å²) in [7, 11) is 0. The molecule has 0 amide bonds. The fraction of sp³-hybridized carbons (Fsp3) is 0.417. The molecule has 2 N–H and O–H groups in total. The minimum Gasteiger partial charge on any atom is -0.327 e. The first-order chi connectivity index (χ1) is 6.78. The Morgan fingerprint density at radius 1 is 1.43 bits per heavy atom. The van der Waals surface area contributed by atoms with Gasteiger partial charge in [0.2, 0.25) is 0 Å². The summed E-state index contributed by atoms with van der Waals surface area (Å²) >= 11 is 0. The van der Waals surface area contributed by atoms with Crippen LogP contribution in [-0.4, -0.2) is 6.04 Å². The average Bonchev–Trinajstić information content (AvgIpc) is 2.93. The van der Waals surface area contributed by atoms with Crippen molar-refractivity contribution in [2.45, 2.75) is 30.7 Å². The van der Waals surface area contributed by atoms with E-state index in [1.807, 2.05) is 12.1 Å². The lowest BCUT2D eigenvalue weighted by molar-refractivity contribution is 0.563. The normalized spacial score (nSPS) is 25.9. The van der Waals surface area contributed by atoms with Gasteiger partial charge in [0.1, 0.15) is 0 Å². The first kappa shape index (κ1) is 8.02. The van der Waals surface area contributed by atoms with E-state index in [2.05, 4.69) is 12.1 Å². The van der Waals surface area contributed by atoms with E-state index in [1.54, 1.807) is 0 Å². The zero-order valence-corrected chi connectivity index (χ0v) is 7.96. The summed E-state index contributed by atoms with van der Waals surface area (Å²) in [5.41, 5.74) is 9.77. The summed E-state index contributed by atoms with van der Waals surface area (Å²) in [5.74, 6) is 0. The van der Waals surface area contributed by atoms with E-state index in [0.717, 1.165) is 12.0 Å². The molecule has 2 nitrogen and oxygen atoms in total. The molecule has 1 saturated carbocycles. The molecule has 0 aliphatic heterocycles. The Morgan fingerprint density at radius 3 is 2.86 bits per heavy atom. The third-order valence-electron chi connectivity index (χ3n) is 3.76. The lowest BCUT2D eigenvalue weighted by Gasteiger charge is -2.13. The van der Waals surface area contributed by atoms with Crippen LogP contribution in [0.3, 0.4) is 0 Å². The van der Waals surface area contributed by atoms with E-state index in [9.17, 15) is 0 Å². The van der Waals surface area contributed by atoms with Crippen molar-refractivity contribution in [2.75, 3.05) is 0 Å². The smallest absolute Gasteiger partial charge is 0.0994 e. The van der Waals surface area contributed by atoms with Crippen LogP contribution < -0.4 is 5.73 Å². The summed E-state index contributed by atoms with van der Waals surface area (Å²) in [6.07, 6.45) is 3.30. The van der Waals surface area contributed by atoms with E-state index in [4.69, 9.17) is 11.0 Å². The summed E-state index contributed by atoms with van der Waals surface area (Å²) < 4.78 is 0. The summed E-state index contributed by atoms with van der Waals surface area (Å²) in [6, 6.07) is 8.53. The van der Waals surface area contributed by atoms with Crippen molar-refractivity contribution in [1.82, 2.24) is 0 Å². The Labute approximate surface area is 83.3 Å². The zero-order valence-electron chi connectivity index (χ0n) is 7.96. The molecule has 0 saturated heterocycles. The van der Waals surface area contributed by atoms with Crippen LogP contribution >= 0.6 is 0 Å². The molecule has 1 spiro atoms. The Hall–Kier alpha value is -1.33.